The summed E-state index contributed by atoms with van der Waals surface area (Å²) in [5.74, 6) is -1.48. The SMILES string of the molecule is CCCCc1ccc(O)c(C(=O)O)c1Cl. The fourth-order valence-corrected chi connectivity index (χ4v) is 1.71. The lowest BCUT2D eigenvalue weighted by atomic mass is 10.0. The zero-order valence-corrected chi connectivity index (χ0v) is 9.21. The van der Waals surface area contributed by atoms with Crippen molar-refractivity contribution in [2.45, 2.75) is 26.2 Å². The third-order valence-corrected chi connectivity index (χ3v) is 2.65. The summed E-state index contributed by atoms with van der Waals surface area (Å²) in [6.07, 6.45) is 2.69. The second-order valence-corrected chi connectivity index (χ2v) is 3.72. The molecule has 0 aromatic heterocycles. The number of rotatable bonds is 4. The Kier molecular flexibility index (Phi) is 3.97. The van der Waals surface area contributed by atoms with E-state index in [1.165, 1.54) is 6.07 Å². The summed E-state index contributed by atoms with van der Waals surface area (Å²) in [6, 6.07) is 3.04. The van der Waals surface area contributed by atoms with Crippen LogP contribution in [0, 0.1) is 0 Å². The predicted octanol–water partition coefficient (Wildman–Crippen LogP) is 3.09. The second kappa shape index (κ2) is 5.03. The van der Waals surface area contributed by atoms with E-state index in [-0.39, 0.29) is 16.3 Å². The molecule has 0 unspecified atom stereocenters. The van der Waals surface area contributed by atoms with Gasteiger partial charge in [0.05, 0.1) is 5.02 Å². The smallest absolute Gasteiger partial charge is 0.341 e. The van der Waals surface area contributed by atoms with E-state index >= 15 is 0 Å². The Labute approximate surface area is 93.3 Å². The fourth-order valence-electron chi connectivity index (χ4n) is 1.37. The summed E-state index contributed by atoms with van der Waals surface area (Å²) < 4.78 is 0. The highest BCUT2D eigenvalue weighted by Crippen LogP contribution is 2.29. The van der Waals surface area contributed by atoms with Crippen LogP contribution >= 0.6 is 11.6 Å². The summed E-state index contributed by atoms with van der Waals surface area (Å²) in [5, 5.41) is 18.3. The molecule has 82 valence electrons. The molecule has 0 amide bonds. The molecule has 0 aliphatic heterocycles. The molecule has 0 fully saturated rings. The number of phenols is 1. The minimum absolute atomic E-state index is 0.149. The van der Waals surface area contributed by atoms with Crippen LogP contribution in [0.3, 0.4) is 0 Å². The summed E-state index contributed by atoms with van der Waals surface area (Å²) in [7, 11) is 0. The predicted molar refractivity (Wildman–Crippen MR) is 58.7 cm³/mol. The molecule has 0 heterocycles. The number of carboxylic acids is 1. The van der Waals surface area contributed by atoms with E-state index in [9.17, 15) is 9.90 Å². The number of benzene rings is 1. The van der Waals surface area contributed by atoms with Crippen LogP contribution < -0.4 is 0 Å². The Balaban J connectivity index is 3.11. The molecule has 4 heteroatoms. The largest absolute Gasteiger partial charge is 0.507 e. The normalized spacial score (nSPS) is 10.3. The molecule has 2 N–H and O–H groups in total. The highest BCUT2D eigenvalue weighted by atomic mass is 35.5. The van der Waals surface area contributed by atoms with Crippen LogP contribution in [0.2, 0.25) is 5.02 Å². The van der Waals surface area contributed by atoms with Gasteiger partial charge in [-0.25, -0.2) is 4.79 Å². The highest BCUT2D eigenvalue weighted by Gasteiger charge is 2.16. The van der Waals surface area contributed by atoms with E-state index in [0.717, 1.165) is 24.8 Å². The Hall–Kier alpha value is -1.22. The van der Waals surface area contributed by atoms with Crippen molar-refractivity contribution in [3.63, 3.8) is 0 Å². The molecular formula is C11H13ClO3. The third-order valence-electron chi connectivity index (χ3n) is 2.21. The Morgan fingerprint density at radius 3 is 2.67 bits per heavy atom. The monoisotopic (exact) mass is 228 g/mol. The molecule has 15 heavy (non-hydrogen) atoms. The maximum atomic E-state index is 10.8. The summed E-state index contributed by atoms with van der Waals surface area (Å²) in [4.78, 5) is 10.8. The Morgan fingerprint density at radius 1 is 1.47 bits per heavy atom. The van der Waals surface area contributed by atoms with E-state index in [1.807, 2.05) is 6.92 Å². The van der Waals surface area contributed by atoms with Gasteiger partial charge in [-0.15, -0.1) is 0 Å². The van der Waals surface area contributed by atoms with Crippen LogP contribution in [-0.4, -0.2) is 16.2 Å². The van der Waals surface area contributed by atoms with Crippen LogP contribution in [0.1, 0.15) is 35.7 Å². The maximum Gasteiger partial charge on any atom is 0.341 e. The van der Waals surface area contributed by atoms with Crippen molar-refractivity contribution in [1.29, 1.82) is 0 Å². The Bertz CT molecular complexity index is 374. The lowest BCUT2D eigenvalue weighted by Crippen LogP contribution is -2.00. The van der Waals surface area contributed by atoms with Crippen molar-refractivity contribution in [3.05, 3.63) is 28.3 Å². The van der Waals surface area contributed by atoms with E-state index in [4.69, 9.17) is 16.7 Å². The zero-order chi connectivity index (χ0) is 11.4. The number of hydrogen-bond acceptors (Lipinski definition) is 2. The molecule has 0 saturated heterocycles. The van der Waals surface area contributed by atoms with Gasteiger partial charge in [0.2, 0.25) is 0 Å². The molecule has 0 aliphatic rings. The maximum absolute atomic E-state index is 10.8. The van der Waals surface area contributed by atoms with Crippen LogP contribution in [0.25, 0.3) is 0 Å². The standard InChI is InChI=1S/C11H13ClO3/c1-2-3-4-7-5-6-8(13)9(10(7)12)11(14)15/h5-6,13H,2-4H2,1H3,(H,14,15). The molecule has 0 saturated carbocycles. The van der Waals surface area contributed by atoms with Gasteiger partial charge < -0.3 is 10.2 Å². The molecule has 1 aromatic carbocycles. The molecule has 0 radical (unpaired) electrons. The number of aromatic hydroxyl groups is 1. The molecule has 0 atom stereocenters. The first-order valence-corrected chi connectivity index (χ1v) is 5.19. The van der Waals surface area contributed by atoms with Gasteiger partial charge in [-0.05, 0) is 24.5 Å². The van der Waals surface area contributed by atoms with Crippen LogP contribution in [0.5, 0.6) is 5.75 Å². The summed E-state index contributed by atoms with van der Waals surface area (Å²) >= 11 is 5.90. The van der Waals surface area contributed by atoms with Gasteiger partial charge in [0.25, 0.3) is 0 Å². The molecule has 3 nitrogen and oxygen atoms in total. The third kappa shape index (κ3) is 2.63. The van der Waals surface area contributed by atoms with Gasteiger partial charge >= 0.3 is 5.97 Å². The summed E-state index contributed by atoms with van der Waals surface area (Å²) in [5.41, 5.74) is 0.569. The number of aromatic carboxylic acids is 1. The number of halogens is 1. The van der Waals surface area contributed by atoms with Crippen molar-refractivity contribution in [1.82, 2.24) is 0 Å². The quantitative estimate of drug-likeness (QED) is 0.833. The first-order chi connectivity index (χ1) is 7.07. The van der Waals surface area contributed by atoms with Crippen LogP contribution in [-0.2, 0) is 6.42 Å². The lowest BCUT2D eigenvalue weighted by molar-refractivity contribution is 0.0694. The average Bonchev–Trinajstić information content (AvgIpc) is 2.16. The molecular weight excluding hydrogens is 216 g/mol. The minimum Gasteiger partial charge on any atom is -0.507 e. The van der Waals surface area contributed by atoms with Crippen molar-refractivity contribution in [2.24, 2.45) is 0 Å². The molecule has 0 bridgehead atoms. The van der Waals surface area contributed by atoms with Gasteiger partial charge in [-0.3, -0.25) is 0 Å². The first kappa shape index (κ1) is 11.9. The molecule has 0 spiro atoms. The van der Waals surface area contributed by atoms with Crippen molar-refractivity contribution < 1.29 is 15.0 Å². The van der Waals surface area contributed by atoms with E-state index < -0.39 is 5.97 Å². The van der Waals surface area contributed by atoms with Gasteiger partial charge in [-0.1, -0.05) is 31.0 Å². The van der Waals surface area contributed by atoms with Crippen molar-refractivity contribution in [2.75, 3.05) is 0 Å². The topological polar surface area (TPSA) is 57.5 Å². The Morgan fingerprint density at radius 2 is 2.13 bits per heavy atom. The number of unbranched alkanes of at least 4 members (excludes halogenated alkanes) is 1. The number of carboxylic acid groups (broad SMARTS) is 1. The van der Waals surface area contributed by atoms with Gasteiger partial charge in [0.15, 0.2) is 0 Å². The molecule has 0 aliphatic carbocycles. The molecule has 1 aromatic rings. The van der Waals surface area contributed by atoms with Crippen LogP contribution in [0.15, 0.2) is 12.1 Å². The first-order valence-electron chi connectivity index (χ1n) is 4.81. The lowest BCUT2D eigenvalue weighted by Gasteiger charge is -2.07. The van der Waals surface area contributed by atoms with E-state index in [2.05, 4.69) is 0 Å². The minimum atomic E-state index is -1.20. The fraction of sp³-hybridized carbons (Fsp3) is 0.364. The number of aryl methyl sites for hydroxylation is 1. The van der Waals surface area contributed by atoms with Gasteiger partial charge in [-0.2, -0.15) is 0 Å². The molecule has 1 rings (SSSR count). The van der Waals surface area contributed by atoms with E-state index in [0.29, 0.717) is 0 Å². The van der Waals surface area contributed by atoms with Crippen LogP contribution in [0.4, 0.5) is 0 Å². The van der Waals surface area contributed by atoms with E-state index in [1.54, 1.807) is 6.07 Å². The highest BCUT2D eigenvalue weighted by molar-refractivity contribution is 6.34. The summed E-state index contributed by atoms with van der Waals surface area (Å²) in [6.45, 7) is 2.05. The average molecular weight is 229 g/mol. The van der Waals surface area contributed by atoms with Crippen molar-refractivity contribution >= 4 is 17.6 Å². The number of carbonyl (C=O) groups is 1. The zero-order valence-electron chi connectivity index (χ0n) is 8.46. The van der Waals surface area contributed by atoms with Gasteiger partial charge in [0.1, 0.15) is 11.3 Å². The van der Waals surface area contributed by atoms with Gasteiger partial charge in [0, 0.05) is 0 Å². The number of hydrogen-bond donors (Lipinski definition) is 2. The second-order valence-electron chi connectivity index (χ2n) is 3.34. The van der Waals surface area contributed by atoms with Crippen molar-refractivity contribution in [3.8, 4) is 5.75 Å².